The Labute approximate surface area is 157 Å². The monoisotopic (exact) mass is 403 g/mol. The third kappa shape index (κ3) is 5.02. The van der Waals surface area contributed by atoms with E-state index in [1.165, 1.54) is 12.1 Å². The largest absolute Gasteiger partial charge is 0.443 e. The number of morpholine rings is 1. The molecule has 3 rings (SSSR count). The molecule has 1 amide bonds. The Morgan fingerprint density at radius 3 is 2.70 bits per heavy atom. The maximum absolute atomic E-state index is 13.6. The van der Waals surface area contributed by atoms with E-state index in [4.69, 9.17) is 4.74 Å². The number of aromatic nitrogens is 1. The minimum absolute atomic E-state index is 0.112. The lowest BCUT2D eigenvalue weighted by molar-refractivity contribution is -0.137. The zero-order chi connectivity index (χ0) is 19.4. The lowest BCUT2D eigenvalue weighted by Gasteiger charge is -2.34. The Morgan fingerprint density at radius 1 is 1.33 bits per heavy atom. The van der Waals surface area contributed by atoms with Crippen LogP contribution in [-0.4, -0.2) is 48.6 Å². The van der Waals surface area contributed by atoms with E-state index < -0.39 is 22.9 Å². The van der Waals surface area contributed by atoms with Crippen LogP contribution in [-0.2, 0) is 10.9 Å². The Hall–Kier alpha value is -2.04. The highest BCUT2D eigenvalue weighted by atomic mass is 32.1. The zero-order valence-electron chi connectivity index (χ0n) is 14.1. The van der Waals surface area contributed by atoms with Crippen LogP contribution in [0.2, 0.25) is 0 Å². The number of nitrogens with one attached hydrogen (secondary N) is 1. The summed E-state index contributed by atoms with van der Waals surface area (Å²) in [5.41, 5.74) is 0.388. The molecule has 5 nitrogen and oxygen atoms in total. The van der Waals surface area contributed by atoms with Crippen LogP contribution in [0.5, 0.6) is 0 Å². The summed E-state index contributed by atoms with van der Waals surface area (Å²) in [6, 6.07) is 5.72. The van der Waals surface area contributed by atoms with Crippen molar-refractivity contribution in [2.24, 2.45) is 0 Å². The molecule has 1 aromatic carbocycles. The SMILES string of the molecule is O=C(NC[C@@H](c1cccc(F)c1)N1CCOCC1)c1csc(C(F)(F)F)n1. The molecule has 146 valence electrons. The van der Waals surface area contributed by atoms with Crippen molar-refractivity contribution < 1.29 is 27.1 Å². The molecule has 1 fully saturated rings. The van der Waals surface area contributed by atoms with E-state index in [1.807, 2.05) is 4.90 Å². The van der Waals surface area contributed by atoms with E-state index in [0.717, 1.165) is 5.38 Å². The summed E-state index contributed by atoms with van der Waals surface area (Å²) in [4.78, 5) is 17.6. The normalized spacial score (nSPS) is 16.9. The average molecular weight is 403 g/mol. The van der Waals surface area contributed by atoms with Gasteiger partial charge in [0.25, 0.3) is 5.91 Å². The van der Waals surface area contributed by atoms with Crippen LogP contribution < -0.4 is 5.32 Å². The summed E-state index contributed by atoms with van der Waals surface area (Å²) in [6.07, 6.45) is -4.58. The van der Waals surface area contributed by atoms with Gasteiger partial charge in [-0.25, -0.2) is 9.37 Å². The summed E-state index contributed by atoms with van der Waals surface area (Å²) in [7, 11) is 0. The van der Waals surface area contributed by atoms with Crippen LogP contribution in [0.4, 0.5) is 17.6 Å². The summed E-state index contributed by atoms with van der Waals surface area (Å²) >= 11 is 0.372. The van der Waals surface area contributed by atoms with E-state index in [-0.39, 0.29) is 18.3 Å². The maximum atomic E-state index is 13.6. The third-order valence-electron chi connectivity index (χ3n) is 4.16. The fraction of sp³-hybridized carbons (Fsp3) is 0.412. The van der Waals surface area contributed by atoms with E-state index in [0.29, 0.717) is 43.2 Å². The van der Waals surface area contributed by atoms with Gasteiger partial charge >= 0.3 is 6.18 Å². The van der Waals surface area contributed by atoms with Gasteiger partial charge in [0.2, 0.25) is 0 Å². The van der Waals surface area contributed by atoms with Crippen molar-refractivity contribution in [2.45, 2.75) is 12.2 Å². The molecule has 1 atom stereocenters. The van der Waals surface area contributed by atoms with Crippen molar-refractivity contribution in [3.05, 3.63) is 51.7 Å². The molecule has 0 unspecified atom stereocenters. The first-order valence-corrected chi connectivity index (χ1v) is 9.11. The second kappa shape index (κ2) is 8.32. The van der Waals surface area contributed by atoms with Gasteiger partial charge in [0, 0.05) is 25.0 Å². The standard InChI is InChI=1S/C17H17F4N3O2S/c18-12-3-1-2-11(8-12)14(24-4-6-26-7-5-24)9-22-15(25)13-10-27-16(23-13)17(19,20)21/h1-3,8,10,14H,4-7,9H2,(H,22,25)/t14-/m0/s1. The van der Waals surface area contributed by atoms with Gasteiger partial charge in [-0.05, 0) is 17.7 Å². The quantitative estimate of drug-likeness (QED) is 0.780. The highest BCUT2D eigenvalue weighted by molar-refractivity contribution is 7.09. The molecule has 2 aromatic rings. The van der Waals surface area contributed by atoms with Gasteiger partial charge in [-0.2, -0.15) is 13.2 Å². The number of thiazole rings is 1. The summed E-state index contributed by atoms with van der Waals surface area (Å²) in [5, 5.41) is 2.62. The molecule has 27 heavy (non-hydrogen) atoms. The lowest BCUT2D eigenvalue weighted by Crippen LogP contribution is -2.43. The van der Waals surface area contributed by atoms with Crippen molar-refractivity contribution >= 4 is 17.2 Å². The highest BCUT2D eigenvalue weighted by Crippen LogP contribution is 2.31. The molecule has 10 heteroatoms. The summed E-state index contributed by atoms with van der Waals surface area (Å²) in [5.74, 6) is -1.09. The number of carbonyl (C=O) groups excluding carboxylic acids is 1. The van der Waals surface area contributed by atoms with E-state index in [1.54, 1.807) is 12.1 Å². The van der Waals surface area contributed by atoms with Gasteiger partial charge in [0.1, 0.15) is 11.5 Å². The maximum Gasteiger partial charge on any atom is 0.443 e. The second-order valence-corrected chi connectivity index (χ2v) is 6.82. The molecule has 1 aliphatic rings. The number of benzene rings is 1. The molecule has 1 N–H and O–H groups in total. The van der Waals surface area contributed by atoms with E-state index in [2.05, 4.69) is 10.3 Å². The number of hydrogen-bond donors (Lipinski definition) is 1. The highest BCUT2D eigenvalue weighted by Gasteiger charge is 2.35. The number of rotatable bonds is 5. The Morgan fingerprint density at radius 2 is 2.07 bits per heavy atom. The number of alkyl halides is 3. The van der Waals surface area contributed by atoms with Gasteiger partial charge < -0.3 is 10.1 Å². The van der Waals surface area contributed by atoms with Gasteiger partial charge in [0.05, 0.1) is 19.3 Å². The van der Waals surface area contributed by atoms with E-state index >= 15 is 0 Å². The van der Waals surface area contributed by atoms with Crippen LogP contribution >= 0.6 is 11.3 Å². The van der Waals surface area contributed by atoms with Crippen molar-refractivity contribution in [3.63, 3.8) is 0 Å². The number of halogens is 4. The van der Waals surface area contributed by atoms with Crippen LogP contribution in [0.3, 0.4) is 0 Å². The van der Waals surface area contributed by atoms with Gasteiger partial charge in [-0.15, -0.1) is 11.3 Å². The Bertz CT molecular complexity index is 790. The average Bonchev–Trinajstić information content (AvgIpc) is 3.13. The van der Waals surface area contributed by atoms with Crippen molar-refractivity contribution in [1.29, 1.82) is 0 Å². The third-order valence-corrected chi connectivity index (χ3v) is 5.04. The molecule has 0 saturated carbocycles. The van der Waals surface area contributed by atoms with E-state index in [9.17, 15) is 22.4 Å². The van der Waals surface area contributed by atoms with Gasteiger partial charge in [-0.3, -0.25) is 9.69 Å². The smallest absolute Gasteiger partial charge is 0.379 e. The molecule has 1 aliphatic heterocycles. The van der Waals surface area contributed by atoms with Gasteiger partial charge in [-0.1, -0.05) is 12.1 Å². The first kappa shape index (κ1) is 19.7. The van der Waals surface area contributed by atoms with Crippen LogP contribution in [0.1, 0.15) is 27.1 Å². The first-order chi connectivity index (χ1) is 12.8. The van der Waals surface area contributed by atoms with Crippen molar-refractivity contribution in [2.75, 3.05) is 32.8 Å². The molecule has 1 saturated heterocycles. The predicted octanol–water partition coefficient (Wildman–Crippen LogP) is 3.10. The summed E-state index contributed by atoms with van der Waals surface area (Å²) in [6.45, 7) is 2.35. The summed E-state index contributed by atoms with van der Waals surface area (Å²) < 4.78 is 56.9. The topological polar surface area (TPSA) is 54.5 Å². The molecular formula is C17H17F4N3O2S. The zero-order valence-corrected chi connectivity index (χ0v) is 14.9. The Kier molecular flexibility index (Phi) is 6.08. The molecule has 0 bridgehead atoms. The first-order valence-electron chi connectivity index (χ1n) is 8.23. The van der Waals surface area contributed by atoms with Gasteiger partial charge in [0.15, 0.2) is 5.01 Å². The molecule has 0 aliphatic carbocycles. The molecular weight excluding hydrogens is 386 g/mol. The fourth-order valence-corrected chi connectivity index (χ4v) is 3.52. The number of hydrogen-bond acceptors (Lipinski definition) is 5. The molecule has 0 spiro atoms. The lowest BCUT2D eigenvalue weighted by atomic mass is 10.0. The number of nitrogens with zero attached hydrogens (tertiary/aromatic N) is 2. The minimum Gasteiger partial charge on any atom is -0.379 e. The number of carbonyl (C=O) groups is 1. The van der Waals surface area contributed by atoms with Crippen molar-refractivity contribution in [1.82, 2.24) is 15.2 Å². The van der Waals surface area contributed by atoms with Crippen molar-refractivity contribution in [3.8, 4) is 0 Å². The predicted molar refractivity (Wildman–Crippen MR) is 91.0 cm³/mol. The second-order valence-electron chi connectivity index (χ2n) is 5.96. The molecule has 2 heterocycles. The molecule has 1 aromatic heterocycles. The molecule has 0 radical (unpaired) electrons. The number of ether oxygens (including phenoxy) is 1. The van der Waals surface area contributed by atoms with Crippen LogP contribution in [0, 0.1) is 5.82 Å². The van der Waals surface area contributed by atoms with Crippen LogP contribution in [0.25, 0.3) is 0 Å². The Balaban J connectivity index is 1.72. The fourth-order valence-electron chi connectivity index (χ4n) is 2.85. The number of amides is 1. The van der Waals surface area contributed by atoms with Crippen LogP contribution in [0.15, 0.2) is 29.6 Å². The minimum atomic E-state index is -4.58.